The Morgan fingerprint density at radius 3 is 2.27 bits per heavy atom. The van der Waals surface area contributed by atoms with Crippen LogP contribution in [0.3, 0.4) is 0 Å². The van der Waals surface area contributed by atoms with E-state index in [4.69, 9.17) is 9.47 Å². The summed E-state index contributed by atoms with van der Waals surface area (Å²) >= 11 is 0. The summed E-state index contributed by atoms with van der Waals surface area (Å²) in [5.74, 6) is -1.09. The van der Waals surface area contributed by atoms with Gasteiger partial charge in [-0.3, -0.25) is 9.59 Å². The topological polar surface area (TPSA) is 52.6 Å². The second-order valence-electron chi connectivity index (χ2n) is 5.19. The minimum absolute atomic E-state index is 0.200. The summed E-state index contributed by atoms with van der Waals surface area (Å²) < 4.78 is 10.3. The maximum atomic E-state index is 12.5. The van der Waals surface area contributed by atoms with E-state index >= 15 is 0 Å². The smallest absolute Gasteiger partial charge is 0.324 e. The number of hydrogen-bond acceptors (Lipinski definition) is 4. The molecular weight excluding hydrogens is 280 g/mol. The van der Waals surface area contributed by atoms with Gasteiger partial charge in [-0.2, -0.15) is 0 Å². The number of ether oxygens (including phenoxy) is 2. The number of benzene rings is 1. The highest BCUT2D eigenvalue weighted by Gasteiger charge is 2.52. The summed E-state index contributed by atoms with van der Waals surface area (Å²) in [6.45, 7) is 7.57. The van der Waals surface area contributed by atoms with E-state index in [0.717, 1.165) is 16.7 Å². The molecule has 0 bridgehead atoms. The molecule has 0 N–H and O–H groups in total. The lowest BCUT2D eigenvalue weighted by Crippen LogP contribution is -2.46. The molecule has 0 spiro atoms. The Morgan fingerprint density at radius 2 is 1.73 bits per heavy atom. The Bertz CT molecular complexity index is 620. The quantitative estimate of drug-likeness (QED) is 0.487. The zero-order chi connectivity index (χ0) is 16.2. The highest BCUT2D eigenvalue weighted by atomic mass is 16.6. The van der Waals surface area contributed by atoms with Gasteiger partial charge in [-0.25, -0.2) is 0 Å². The van der Waals surface area contributed by atoms with Gasteiger partial charge in [0.25, 0.3) is 0 Å². The second-order valence-corrected chi connectivity index (χ2v) is 5.19. The van der Waals surface area contributed by atoms with Crippen molar-refractivity contribution in [2.45, 2.75) is 26.7 Å². The minimum Gasteiger partial charge on any atom is -0.465 e. The van der Waals surface area contributed by atoms with Gasteiger partial charge in [0, 0.05) is 18.4 Å². The van der Waals surface area contributed by atoms with E-state index in [0.29, 0.717) is 0 Å². The predicted octanol–water partition coefficient (Wildman–Crippen LogP) is 2.91. The van der Waals surface area contributed by atoms with Crippen molar-refractivity contribution in [3.63, 3.8) is 0 Å². The van der Waals surface area contributed by atoms with Crippen molar-refractivity contribution in [1.82, 2.24) is 0 Å². The molecule has 0 unspecified atom stereocenters. The monoisotopic (exact) mass is 300 g/mol. The largest absolute Gasteiger partial charge is 0.465 e. The highest BCUT2D eigenvalue weighted by Crippen LogP contribution is 2.43. The van der Waals surface area contributed by atoms with Crippen LogP contribution in [-0.4, -0.2) is 25.2 Å². The first-order valence-electron chi connectivity index (χ1n) is 7.40. The molecule has 0 heterocycles. The molecule has 1 aromatic carbocycles. The molecule has 0 aliphatic heterocycles. The molecule has 116 valence electrons. The lowest BCUT2D eigenvalue weighted by molar-refractivity contribution is -0.172. The Morgan fingerprint density at radius 1 is 1.14 bits per heavy atom. The van der Waals surface area contributed by atoms with Crippen molar-refractivity contribution in [3.05, 3.63) is 47.7 Å². The maximum absolute atomic E-state index is 12.5. The fraction of sp³-hybridized carbons (Fsp3) is 0.389. The summed E-state index contributed by atoms with van der Waals surface area (Å²) in [6.07, 6.45) is 0.469. The van der Waals surface area contributed by atoms with Crippen molar-refractivity contribution in [1.29, 1.82) is 0 Å². The molecule has 4 nitrogen and oxygen atoms in total. The summed E-state index contributed by atoms with van der Waals surface area (Å²) in [7, 11) is 0. The third kappa shape index (κ3) is 2.70. The number of esters is 2. The summed E-state index contributed by atoms with van der Waals surface area (Å²) in [4.78, 5) is 25.0. The lowest BCUT2D eigenvalue weighted by Gasteiger charge is -2.34. The first-order chi connectivity index (χ1) is 10.6. The number of carbonyl (C=O) groups is 2. The number of hydrogen-bond donors (Lipinski definition) is 0. The van der Waals surface area contributed by atoms with Crippen LogP contribution in [0.15, 0.2) is 36.6 Å². The third-order valence-corrected chi connectivity index (χ3v) is 3.86. The van der Waals surface area contributed by atoms with E-state index in [2.05, 4.69) is 12.3 Å². The Labute approximate surface area is 130 Å². The molecule has 22 heavy (non-hydrogen) atoms. The van der Waals surface area contributed by atoms with Gasteiger partial charge in [0.2, 0.25) is 0 Å². The predicted molar refractivity (Wildman–Crippen MR) is 83.0 cm³/mol. The molecule has 0 saturated heterocycles. The van der Waals surface area contributed by atoms with Crippen LogP contribution in [0.25, 0.3) is 5.57 Å². The van der Waals surface area contributed by atoms with Crippen LogP contribution in [0.1, 0.15) is 31.4 Å². The highest BCUT2D eigenvalue weighted by molar-refractivity contribution is 6.03. The normalized spacial score (nSPS) is 15.5. The molecule has 0 fully saturated rings. The van der Waals surface area contributed by atoms with E-state index in [1.54, 1.807) is 13.8 Å². The third-order valence-electron chi connectivity index (χ3n) is 3.86. The zero-order valence-electron chi connectivity index (χ0n) is 13.0. The molecule has 4 heteroatoms. The minimum atomic E-state index is -1.35. The second kappa shape index (κ2) is 6.63. The van der Waals surface area contributed by atoms with Gasteiger partial charge in [0.1, 0.15) is 0 Å². The van der Waals surface area contributed by atoms with Crippen molar-refractivity contribution in [2.24, 2.45) is 5.41 Å². The lowest BCUT2D eigenvalue weighted by atomic mass is 9.69. The number of fused-ring (bicyclic) bond motifs is 1. The Balaban J connectivity index is 2.54. The first-order valence-corrected chi connectivity index (χ1v) is 7.40. The number of carbonyl (C=O) groups excluding carboxylic acids is 2. The Hall–Kier alpha value is -2.32. The molecule has 0 radical (unpaired) electrons. The molecule has 0 amide bonds. The van der Waals surface area contributed by atoms with Crippen LogP contribution in [0.5, 0.6) is 0 Å². The van der Waals surface area contributed by atoms with Gasteiger partial charge in [0.05, 0.1) is 13.2 Å². The van der Waals surface area contributed by atoms with Gasteiger partial charge in [-0.15, -0.1) is 5.73 Å². The molecule has 1 aromatic rings. The van der Waals surface area contributed by atoms with Crippen molar-refractivity contribution < 1.29 is 19.1 Å². The SMILES string of the molecule is C=C=C1CC(C(=O)OCC)(C(=O)OCC)Cc2ccccc21. The average Bonchev–Trinajstić information content (AvgIpc) is 2.54. The Kier molecular flexibility index (Phi) is 4.84. The van der Waals surface area contributed by atoms with E-state index in [9.17, 15) is 9.59 Å². The molecule has 0 atom stereocenters. The first kappa shape index (κ1) is 16.1. The van der Waals surface area contributed by atoms with Crippen LogP contribution in [0.4, 0.5) is 0 Å². The van der Waals surface area contributed by atoms with E-state index in [-0.39, 0.29) is 26.1 Å². The van der Waals surface area contributed by atoms with E-state index < -0.39 is 17.4 Å². The molecule has 1 aliphatic carbocycles. The summed E-state index contributed by atoms with van der Waals surface area (Å²) in [5, 5.41) is 0. The van der Waals surface area contributed by atoms with Crippen LogP contribution in [-0.2, 0) is 25.5 Å². The maximum Gasteiger partial charge on any atom is 0.324 e. The molecule has 2 rings (SSSR count). The van der Waals surface area contributed by atoms with Crippen molar-refractivity contribution in [2.75, 3.05) is 13.2 Å². The van der Waals surface area contributed by atoms with E-state index in [1.807, 2.05) is 24.3 Å². The number of rotatable bonds is 4. The van der Waals surface area contributed by atoms with Crippen LogP contribution in [0, 0.1) is 5.41 Å². The fourth-order valence-electron chi connectivity index (χ4n) is 2.82. The molecule has 1 aliphatic rings. The molecular formula is C18H20O4. The summed E-state index contributed by atoms with van der Waals surface area (Å²) in [6, 6.07) is 7.64. The van der Waals surface area contributed by atoms with Crippen molar-refractivity contribution >= 4 is 17.5 Å². The van der Waals surface area contributed by atoms with Crippen LogP contribution in [0.2, 0.25) is 0 Å². The van der Waals surface area contributed by atoms with Gasteiger partial charge in [0.15, 0.2) is 5.41 Å². The van der Waals surface area contributed by atoms with Gasteiger partial charge < -0.3 is 9.47 Å². The van der Waals surface area contributed by atoms with Crippen LogP contribution >= 0.6 is 0 Å². The average molecular weight is 300 g/mol. The molecule has 0 aromatic heterocycles. The van der Waals surface area contributed by atoms with Gasteiger partial charge in [-0.05, 0) is 25.0 Å². The van der Waals surface area contributed by atoms with Crippen molar-refractivity contribution in [3.8, 4) is 0 Å². The van der Waals surface area contributed by atoms with Gasteiger partial charge in [-0.1, -0.05) is 30.8 Å². The van der Waals surface area contributed by atoms with Gasteiger partial charge >= 0.3 is 11.9 Å². The number of allylic oxidation sites excluding steroid dienone is 1. The van der Waals surface area contributed by atoms with E-state index in [1.165, 1.54) is 0 Å². The molecule has 0 saturated carbocycles. The zero-order valence-corrected chi connectivity index (χ0v) is 13.0. The summed E-state index contributed by atoms with van der Waals surface area (Å²) in [5.41, 5.74) is 4.13. The standard InChI is InChI=1S/C18H20O4/c1-4-13-11-18(16(19)21-5-2,17(20)22-6-3)12-14-9-7-8-10-15(13)14/h7-10H,1,5-6,11-12H2,2-3H3. The van der Waals surface area contributed by atoms with Crippen LogP contribution < -0.4 is 0 Å². The fourth-order valence-corrected chi connectivity index (χ4v) is 2.82.